The van der Waals surface area contributed by atoms with E-state index in [-0.39, 0.29) is 5.91 Å². The van der Waals surface area contributed by atoms with Gasteiger partial charge in [-0.15, -0.1) is 0 Å². The van der Waals surface area contributed by atoms with E-state index in [4.69, 9.17) is 0 Å². The molecule has 0 aliphatic carbocycles. The van der Waals surface area contributed by atoms with Gasteiger partial charge in [-0.25, -0.2) is 0 Å². The van der Waals surface area contributed by atoms with E-state index < -0.39 is 0 Å². The normalized spacial score (nSPS) is 11.3. The molecule has 0 aliphatic heterocycles. The highest BCUT2D eigenvalue weighted by Crippen LogP contribution is 1.95. The van der Waals surface area contributed by atoms with Crippen molar-refractivity contribution in [3.63, 3.8) is 0 Å². The van der Waals surface area contributed by atoms with Crippen molar-refractivity contribution < 1.29 is 4.79 Å². The fourth-order valence-corrected chi connectivity index (χ4v) is 0.551. The number of carbonyl (C=O) groups excluding carboxylic acids is 1. The number of hydrogen-bond donors (Lipinski definition) is 1. The zero-order valence-electron chi connectivity index (χ0n) is 6.90. The largest absolute Gasteiger partial charge is 0.353 e. The second kappa shape index (κ2) is 5.03. The Hall–Kier alpha value is -0.790. The summed E-state index contributed by atoms with van der Waals surface area (Å²) in [5, 5.41) is 2.70. The monoisotopic (exact) mass is 141 g/mol. The molecule has 10 heavy (non-hydrogen) atoms. The van der Waals surface area contributed by atoms with Crippen LogP contribution in [0.25, 0.3) is 0 Å². The summed E-state index contributed by atoms with van der Waals surface area (Å²) in [7, 11) is 0. The van der Waals surface area contributed by atoms with Gasteiger partial charge >= 0.3 is 0 Å². The van der Waals surface area contributed by atoms with Crippen LogP contribution < -0.4 is 5.32 Å². The van der Waals surface area contributed by atoms with Gasteiger partial charge in [0.1, 0.15) is 0 Å². The minimum atomic E-state index is 0.0156. The highest BCUT2D eigenvalue weighted by atomic mass is 16.1. The summed E-state index contributed by atoms with van der Waals surface area (Å²) in [6, 6.07) is 0. The minimum Gasteiger partial charge on any atom is -0.353 e. The summed E-state index contributed by atoms with van der Waals surface area (Å²) in [5.74, 6) is 0.0156. The van der Waals surface area contributed by atoms with Gasteiger partial charge in [0.25, 0.3) is 0 Å². The first kappa shape index (κ1) is 9.21. The van der Waals surface area contributed by atoms with Crippen LogP contribution in [-0.2, 0) is 4.79 Å². The van der Waals surface area contributed by atoms with Crippen LogP contribution in [0.4, 0.5) is 0 Å². The molecule has 0 aromatic heterocycles. The van der Waals surface area contributed by atoms with Crippen molar-refractivity contribution >= 4 is 5.91 Å². The summed E-state index contributed by atoms with van der Waals surface area (Å²) in [4.78, 5) is 10.8. The molecule has 0 spiro atoms. The molecule has 0 atom stereocenters. The average Bonchev–Trinajstić information content (AvgIpc) is 1.88. The molecule has 0 saturated heterocycles. The molecule has 0 aromatic rings. The molecule has 0 fully saturated rings. The first-order valence-corrected chi connectivity index (χ1v) is 3.65. The maximum absolute atomic E-state index is 10.8. The van der Waals surface area contributed by atoms with Crippen LogP contribution in [0.1, 0.15) is 27.2 Å². The number of amides is 1. The summed E-state index contributed by atoms with van der Waals surface area (Å²) in [6.45, 7) is 6.60. The van der Waals surface area contributed by atoms with E-state index in [0.29, 0.717) is 6.54 Å². The van der Waals surface area contributed by atoms with E-state index in [9.17, 15) is 4.79 Å². The Morgan fingerprint density at radius 3 is 2.50 bits per heavy atom. The molecular weight excluding hydrogens is 126 g/mol. The van der Waals surface area contributed by atoms with E-state index in [0.717, 1.165) is 12.0 Å². The van der Waals surface area contributed by atoms with Gasteiger partial charge in [0.05, 0.1) is 0 Å². The molecule has 2 heteroatoms. The molecule has 58 valence electrons. The van der Waals surface area contributed by atoms with Gasteiger partial charge in [-0.05, 0) is 20.3 Å². The second-order valence-corrected chi connectivity index (χ2v) is 2.24. The fourth-order valence-electron chi connectivity index (χ4n) is 0.551. The molecule has 0 unspecified atom stereocenters. The lowest BCUT2D eigenvalue weighted by atomic mass is 10.2. The van der Waals surface area contributed by atoms with E-state index in [1.807, 2.05) is 20.8 Å². The van der Waals surface area contributed by atoms with Gasteiger partial charge in [0, 0.05) is 12.6 Å². The predicted octanol–water partition coefficient (Wildman–Crippen LogP) is 1.48. The van der Waals surface area contributed by atoms with Gasteiger partial charge in [-0.2, -0.15) is 0 Å². The van der Waals surface area contributed by atoms with E-state index in [1.54, 1.807) is 6.08 Å². The third-order valence-electron chi connectivity index (χ3n) is 1.29. The van der Waals surface area contributed by atoms with Crippen LogP contribution >= 0.6 is 0 Å². The summed E-state index contributed by atoms with van der Waals surface area (Å²) < 4.78 is 0. The highest BCUT2D eigenvalue weighted by molar-refractivity contribution is 5.87. The molecule has 1 amide bonds. The molecule has 0 aliphatic rings. The third-order valence-corrected chi connectivity index (χ3v) is 1.29. The Balaban J connectivity index is 3.75. The maximum Gasteiger partial charge on any atom is 0.243 e. The molecule has 0 saturated carbocycles. The molecule has 0 rings (SSSR count). The molecule has 2 nitrogen and oxygen atoms in total. The van der Waals surface area contributed by atoms with Crippen molar-refractivity contribution in [3.05, 3.63) is 11.6 Å². The Morgan fingerprint density at radius 2 is 2.10 bits per heavy atom. The standard InChI is InChI=1S/C8H15NO/c1-4-7(3)6-8(10)9-5-2/h6H,4-5H2,1-3H3,(H,9,10)/b7-6+. The van der Waals surface area contributed by atoms with Crippen molar-refractivity contribution in [2.24, 2.45) is 0 Å². The smallest absolute Gasteiger partial charge is 0.243 e. The van der Waals surface area contributed by atoms with Gasteiger partial charge < -0.3 is 5.32 Å². The van der Waals surface area contributed by atoms with Gasteiger partial charge in [-0.3, -0.25) is 4.79 Å². The minimum absolute atomic E-state index is 0.0156. The molecule has 0 radical (unpaired) electrons. The molecule has 0 bridgehead atoms. The Kier molecular flexibility index (Phi) is 4.63. The Morgan fingerprint density at radius 1 is 1.50 bits per heavy atom. The lowest BCUT2D eigenvalue weighted by Crippen LogP contribution is -2.20. The van der Waals surface area contributed by atoms with Gasteiger partial charge in [-0.1, -0.05) is 12.5 Å². The quantitative estimate of drug-likeness (QED) is 0.592. The average molecular weight is 141 g/mol. The first-order valence-electron chi connectivity index (χ1n) is 3.65. The van der Waals surface area contributed by atoms with Crippen molar-refractivity contribution in [2.45, 2.75) is 27.2 Å². The number of hydrogen-bond acceptors (Lipinski definition) is 1. The van der Waals surface area contributed by atoms with Crippen molar-refractivity contribution in [1.29, 1.82) is 0 Å². The zero-order valence-corrected chi connectivity index (χ0v) is 6.90. The number of likely N-dealkylation sites (N-methyl/N-ethyl adjacent to an activating group) is 1. The van der Waals surface area contributed by atoms with E-state index in [1.165, 1.54) is 0 Å². The third kappa shape index (κ3) is 4.13. The number of carbonyl (C=O) groups is 1. The number of rotatable bonds is 3. The zero-order chi connectivity index (χ0) is 7.98. The topological polar surface area (TPSA) is 29.1 Å². The van der Waals surface area contributed by atoms with Crippen molar-refractivity contribution in [3.8, 4) is 0 Å². The second-order valence-electron chi connectivity index (χ2n) is 2.24. The van der Waals surface area contributed by atoms with Crippen LogP contribution in [0.3, 0.4) is 0 Å². The van der Waals surface area contributed by atoms with E-state index in [2.05, 4.69) is 5.32 Å². The first-order chi connectivity index (χ1) is 4.70. The van der Waals surface area contributed by atoms with Crippen LogP contribution in [0.5, 0.6) is 0 Å². The number of nitrogens with one attached hydrogen (secondary N) is 1. The van der Waals surface area contributed by atoms with Crippen LogP contribution in [0.2, 0.25) is 0 Å². The van der Waals surface area contributed by atoms with Gasteiger partial charge in [0.15, 0.2) is 0 Å². The number of allylic oxidation sites excluding steroid dienone is 1. The van der Waals surface area contributed by atoms with Crippen LogP contribution in [-0.4, -0.2) is 12.5 Å². The predicted molar refractivity (Wildman–Crippen MR) is 42.7 cm³/mol. The van der Waals surface area contributed by atoms with Crippen LogP contribution in [0, 0.1) is 0 Å². The summed E-state index contributed by atoms with van der Waals surface area (Å²) in [5.41, 5.74) is 1.12. The molecular formula is C8H15NO. The highest BCUT2D eigenvalue weighted by Gasteiger charge is 1.92. The maximum atomic E-state index is 10.8. The lowest BCUT2D eigenvalue weighted by molar-refractivity contribution is -0.116. The molecule has 0 aromatic carbocycles. The Labute approximate surface area is 62.3 Å². The summed E-state index contributed by atoms with van der Waals surface area (Å²) in [6.07, 6.45) is 2.58. The van der Waals surface area contributed by atoms with Crippen molar-refractivity contribution in [1.82, 2.24) is 5.32 Å². The van der Waals surface area contributed by atoms with Crippen molar-refractivity contribution in [2.75, 3.05) is 6.54 Å². The Bertz CT molecular complexity index is 138. The molecule has 0 heterocycles. The fraction of sp³-hybridized carbons (Fsp3) is 0.625. The van der Waals surface area contributed by atoms with Gasteiger partial charge in [0.2, 0.25) is 5.91 Å². The van der Waals surface area contributed by atoms with E-state index >= 15 is 0 Å². The lowest BCUT2D eigenvalue weighted by Gasteiger charge is -1.96. The SMILES string of the molecule is CCNC(=O)/C=C(\C)CC. The van der Waals surface area contributed by atoms with Crippen LogP contribution in [0.15, 0.2) is 11.6 Å². The summed E-state index contributed by atoms with van der Waals surface area (Å²) >= 11 is 0. The molecule has 1 N–H and O–H groups in total.